The van der Waals surface area contributed by atoms with Crippen molar-refractivity contribution in [2.24, 2.45) is 5.73 Å². The van der Waals surface area contributed by atoms with E-state index < -0.39 is 0 Å². The van der Waals surface area contributed by atoms with E-state index in [4.69, 9.17) is 10.5 Å². The molecule has 3 heteroatoms. The zero-order chi connectivity index (χ0) is 9.52. The van der Waals surface area contributed by atoms with Gasteiger partial charge < -0.3 is 22.9 Å². The maximum Gasteiger partial charge on any atom is 0.119 e. The van der Waals surface area contributed by atoms with Crippen LogP contribution in [-0.2, 0) is 6.42 Å². The van der Waals surface area contributed by atoms with Gasteiger partial charge in [-0.05, 0) is 24.1 Å². The lowest BCUT2D eigenvalue weighted by Crippen LogP contribution is -3.00. The number of aryl methyl sites for hydroxylation is 1. The van der Waals surface area contributed by atoms with Crippen molar-refractivity contribution in [2.75, 3.05) is 13.2 Å². The van der Waals surface area contributed by atoms with Crippen LogP contribution in [0.4, 0.5) is 0 Å². The molecule has 0 aliphatic carbocycles. The number of ether oxygens (including phenoxy) is 1. The summed E-state index contributed by atoms with van der Waals surface area (Å²) in [5.74, 6) is 0.908. The SMILES string of the molecule is CCCc1ccc(OCCN)cc1.[Cl-]. The summed E-state index contributed by atoms with van der Waals surface area (Å²) in [6, 6.07) is 8.21. The monoisotopic (exact) mass is 214 g/mol. The average Bonchev–Trinajstić information content (AvgIpc) is 2.17. The second-order valence-corrected chi connectivity index (χ2v) is 3.03. The number of halogens is 1. The van der Waals surface area contributed by atoms with Crippen LogP contribution in [0.2, 0.25) is 0 Å². The first-order chi connectivity index (χ1) is 6.36. The van der Waals surface area contributed by atoms with Crippen LogP contribution in [-0.4, -0.2) is 13.2 Å². The van der Waals surface area contributed by atoms with Crippen molar-refractivity contribution >= 4 is 0 Å². The molecule has 0 saturated carbocycles. The zero-order valence-electron chi connectivity index (χ0n) is 8.50. The standard InChI is InChI=1S/C11H17NO.ClH/c1-2-3-10-4-6-11(7-5-10)13-9-8-12;/h4-7H,2-3,8-9,12H2,1H3;1H/p-1. The molecule has 0 fully saturated rings. The van der Waals surface area contributed by atoms with Gasteiger partial charge in [-0.15, -0.1) is 0 Å². The second kappa shape index (κ2) is 7.65. The molecule has 1 aromatic rings. The summed E-state index contributed by atoms with van der Waals surface area (Å²) in [6.07, 6.45) is 2.32. The maximum atomic E-state index is 5.36. The van der Waals surface area contributed by atoms with E-state index in [2.05, 4.69) is 19.1 Å². The molecule has 0 amide bonds. The minimum absolute atomic E-state index is 0. The minimum atomic E-state index is 0. The summed E-state index contributed by atoms with van der Waals surface area (Å²) in [6.45, 7) is 3.34. The summed E-state index contributed by atoms with van der Waals surface area (Å²) in [5, 5.41) is 0. The summed E-state index contributed by atoms with van der Waals surface area (Å²) >= 11 is 0. The largest absolute Gasteiger partial charge is 1.00 e. The number of benzene rings is 1. The Morgan fingerprint density at radius 1 is 1.21 bits per heavy atom. The van der Waals surface area contributed by atoms with E-state index in [1.165, 1.54) is 12.0 Å². The van der Waals surface area contributed by atoms with E-state index in [0.29, 0.717) is 13.2 Å². The quantitative estimate of drug-likeness (QED) is 0.681. The third-order valence-electron chi connectivity index (χ3n) is 1.85. The molecule has 0 heterocycles. The smallest absolute Gasteiger partial charge is 0.119 e. The number of rotatable bonds is 5. The molecular weight excluding hydrogens is 198 g/mol. The van der Waals surface area contributed by atoms with Crippen molar-refractivity contribution in [2.45, 2.75) is 19.8 Å². The highest BCUT2D eigenvalue weighted by atomic mass is 35.5. The Balaban J connectivity index is 0.00000169. The van der Waals surface area contributed by atoms with Crippen molar-refractivity contribution in [3.63, 3.8) is 0 Å². The third-order valence-corrected chi connectivity index (χ3v) is 1.85. The molecule has 0 aromatic heterocycles. The molecule has 2 nitrogen and oxygen atoms in total. The first-order valence-electron chi connectivity index (χ1n) is 4.78. The predicted octanol–water partition coefficient (Wildman–Crippen LogP) is -1.02. The van der Waals surface area contributed by atoms with Crippen molar-refractivity contribution in [1.82, 2.24) is 0 Å². The van der Waals surface area contributed by atoms with Crippen molar-refractivity contribution in [1.29, 1.82) is 0 Å². The Morgan fingerprint density at radius 2 is 1.86 bits per heavy atom. The first-order valence-corrected chi connectivity index (χ1v) is 4.78. The normalized spacial score (nSPS) is 9.29. The first kappa shape index (κ1) is 13.3. The van der Waals surface area contributed by atoms with Gasteiger partial charge in [-0.2, -0.15) is 0 Å². The van der Waals surface area contributed by atoms with Gasteiger partial charge >= 0.3 is 0 Å². The molecule has 0 atom stereocenters. The van der Waals surface area contributed by atoms with Crippen LogP contribution < -0.4 is 22.9 Å². The van der Waals surface area contributed by atoms with Crippen LogP contribution in [0, 0.1) is 0 Å². The van der Waals surface area contributed by atoms with Gasteiger partial charge in [0.25, 0.3) is 0 Å². The van der Waals surface area contributed by atoms with E-state index in [-0.39, 0.29) is 12.4 Å². The maximum absolute atomic E-state index is 5.36. The number of hydrogen-bond donors (Lipinski definition) is 1. The lowest BCUT2D eigenvalue weighted by molar-refractivity contribution is -0.00000327. The zero-order valence-corrected chi connectivity index (χ0v) is 9.26. The molecule has 0 spiro atoms. The molecule has 1 rings (SSSR count). The highest BCUT2D eigenvalue weighted by Gasteiger charge is 1.93. The third kappa shape index (κ3) is 4.49. The molecule has 0 radical (unpaired) electrons. The molecule has 0 unspecified atom stereocenters. The fraction of sp³-hybridized carbons (Fsp3) is 0.455. The Labute approximate surface area is 91.9 Å². The van der Waals surface area contributed by atoms with E-state index in [1.807, 2.05) is 12.1 Å². The average molecular weight is 215 g/mol. The van der Waals surface area contributed by atoms with Crippen LogP contribution in [0.3, 0.4) is 0 Å². The van der Waals surface area contributed by atoms with E-state index in [9.17, 15) is 0 Å². The summed E-state index contributed by atoms with van der Waals surface area (Å²) in [5.41, 5.74) is 6.69. The molecule has 14 heavy (non-hydrogen) atoms. The van der Waals surface area contributed by atoms with Gasteiger partial charge in [-0.25, -0.2) is 0 Å². The van der Waals surface area contributed by atoms with Crippen molar-refractivity contribution in [3.8, 4) is 5.75 Å². The van der Waals surface area contributed by atoms with Crippen LogP contribution in [0.15, 0.2) is 24.3 Å². The summed E-state index contributed by atoms with van der Waals surface area (Å²) < 4.78 is 5.36. The minimum Gasteiger partial charge on any atom is -1.00 e. The molecule has 0 saturated heterocycles. The summed E-state index contributed by atoms with van der Waals surface area (Å²) in [7, 11) is 0. The Hall–Kier alpha value is -0.730. The molecule has 2 N–H and O–H groups in total. The van der Waals surface area contributed by atoms with Crippen LogP contribution in [0.25, 0.3) is 0 Å². The fourth-order valence-electron chi connectivity index (χ4n) is 1.22. The molecule has 0 aliphatic heterocycles. The number of nitrogens with two attached hydrogens (primary N) is 1. The van der Waals surface area contributed by atoms with Gasteiger partial charge in [0.1, 0.15) is 12.4 Å². The van der Waals surface area contributed by atoms with Crippen LogP contribution in [0.1, 0.15) is 18.9 Å². The van der Waals surface area contributed by atoms with Crippen molar-refractivity contribution in [3.05, 3.63) is 29.8 Å². The number of hydrogen-bond acceptors (Lipinski definition) is 2. The van der Waals surface area contributed by atoms with Gasteiger partial charge in [0.2, 0.25) is 0 Å². The Kier molecular flexibility index (Phi) is 7.25. The van der Waals surface area contributed by atoms with Gasteiger partial charge in [0.05, 0.1) is 0 Å². The molecule has 1 aromatic carbocycles. The van der Waals surface area contributed by atoms with Gasteiger partial charge in [-0.1, -0.05) is 25.5 Å². The lowest BCUT2D eigenvalue weighted by Gasteiger charge is -2.04. The van der Waals surface area contributed by atoms with Crippen molar-refractivity contribution < 1.29 is 17.1 Å². The molecular formula is C11H17ClNO-. The molecule has 0 bridgehead atoms. The van der Waals surface area contributed by atoms with Gasteiger partial charge in [0, 0.05) is 6.54 Å². The highest BCUT2D eigenvalue weighted by molar-refractivity contribution is 5.27. The Bertz CT molecular complexity index is 236. The lowest BCUT2D eigenvalue weighted by atomic mass is 10.1. The molecule has 0 aliphatic rings. The van der Waals surface area contributed by atoms with E-state index in [1.54, 1.807) is 0 Å². The van der Waals surface area contributed by atoms with E-state index >= 15 is 0 Å². The predicted molar refractivity (Wildman–Crippen MR) is 55.0 cm³/mol. The van der Waals surface area contributed by atoms with Crippen LogP contribution in [0.5, 0.6) is 5.75 Å². The highest BCUT2D eigenvalue weighted by Crippen LogP contribution is 2.12. The fourth-order valence-corrected chi connectivity index (χ4v) is 1.22. The molecule has 80 valence electrons. The summed E-state index contributed by atoms with van der Waals surface area (Å²) in [4.78, 5) is 0. The Morgan fingerprint density at radius 3 is 2.36 bits per heavy atom. The van der Waals surface area contributed by atoms with Gasteiger partial charge in [0.15, 0.2) is 0 Å². The van der Waals surface area contributed by atoms with Crippen LogP contribution >= 0.6 is 0 Å². The second-order valence-electron chi connectivity index (χ2n) is 3.03. The topological polar surface area (TPSA) is 35.2 Å². The van der Waals surface area contributed by atoms with Gasteiger partial charge in [-0.3, -0.25) is 0 Å². The van der Waals surface area contributed by atoms with E-state index in [0.717, 1.165) is 12.2 Å².